The topological polar surface area (TPSA) is 30.5 Å². The van der Waals surface area contributed by atoms with Gasteiger partial charge in [-0.25, -0.2) is 4.39 Å². The first-order chi connectivity index (χ1) is 9.43. The zero-order chi connectivity index (χ0) is 15.2. The van der Waals surface area contributed by atoms with Gasteiger partial charge in [0, 0.05) is 24.8 Å². The van der Waals surface area contributed by atoms with E-state index in [1.165, 1.54) is 13.2 Å². The van der Waals surface area contributed by atoms with Gasteiger partial charge in [-0.1, -0.05) is 13.0 Å². The fourth-order valence-corrected chi connectivity index (χ4v) is 2.10. The summed E-state index contributed by atoms with van der Waals surface area (Å²) in [6.45, 7) is 6.95. The van der Waals surface area contributed by atoms with Crippen molar-refractivity contribution in [2.75, 3.05) is 20.8 Å². The van der Waals surface area contributed by atoms with E-state index < -0.39 is 0 Å². The van der Waals surface area contributed by atoms with Gasteiger partial charge in [0.1, 0.15) is 11.6 Å². The Kier molecular flexibility index (Phi) is 6.43. The second-order valence-corrected chi connectivity index (χ2v) is 5.56. The summed E-state index contributed by atoms with van der Waals surface area (Å²) in [7, 11) is 3.22. The molecule has 0 heterocycles. The molecule has 0 aromatic heterocycles. The van der Waals surface area contributed by atoms with Gasteiger partial charge < -0.3 is 14.8 Å². The lowest BCUT2D eigenvalue weighted by molar-refractivity contribution is 0.00658. The molecule has 0 aliphatic rings. The van der Waals surface area contributed by atoms with Crippen molar-refractivity contribution >= 4 is 0 Å². The molecule has 1 unspecified atom stereocenters. The number of hydrogen-bond acceptors (Lipinski definition) is 3. The smallest absolute Gasteiger partial charge is 0.131 e. The predicted molar refractivity (Wildman–Crippen MR) is 79.7 cm³/mol. The molecule has 1 atom stereocenters. The van der Waals surface area contributed by atoms with E-state index in [1.807, 2.05) is 13.8 Å². The summed E-state index contributed by atoms with van der Waals surface area (Å²) in [6.07, 6.45) is 1.70. The van der Waals surface area contributed by atoms with Crippen molar-refractivity contribution in [2.45, 2.75) is 45.3 Å². The molecule has 0 amide bonds. The maximum absolute atomic E-state index is 14.2. The van der Waals surface area contributed by atoms with Crippen LogP contribution in [0.15, 0.2) is 18.2 Å². The van der Waals surface area contributed by atoms with Crippen LogP contribution in [-0.2, 0) is 4.74 Å². The quantitative estimate of drug-likeness (QED) is 0.789. The summed E-state index contributed by atoms with van der Waals surface area (Å²) in [4.78, 5) is 0. The molecular formula is C16H26FNO2. The molecule has 114 valence electrons. The summed E-state index contributed by atoms with van der Waals surface area (Å²) in [5.74, 6) is 0.288. The standard InChI is InChI=1S/C16H26FNO2/c1-6-9-18-15(11-16(2,3)20-5)13-8-7-12(19-4)10-14(13)17/h7-8,10,15,18H,6,9,11H2,1-5H3. The van der Waals surface area contributed by atoms with Crippen LogP contribution in [-0.4, -0.2) is 26.4 Å². The molecule has 1 N–H and O–H groups in total. The Morgan fingerprint density at radius 1 is 1.30 bits per heavy atom. The van der Waals surface area contributed by atoms with E-state index in [0.717, 1.165) is 13.0 Å². The van der Waals surface area contributed by atoms with Crippen LogP contribution in [0.25, 0.3) is 0 Å². The fraction of sp³-hybridized carbons (Fsp3) is 0.625. The average molecular weight is 283 g/mol. The van der Waals surface area contributed by atoms with Gasteiger partial charge in [0.05, 0.1) is 12.7 Å². The number of rotatable bonds is 8. The highest BCUT2D eigenvalue weighted by Crippen LogP contribution is 2.29. The highest BCUT2D eigenvalue weighted by atomic mass is 19.1. The minimum atomic E-state index is -0.308. The van der Waals surface area contributed by atoms with E-state index in [1.54, 1.807) is 19.2 Å². The van der Waals surface area contributed by atoms with Crippen LogP contribution < -0.4 is 10.1 Å². The minimum Gasteiger partial charge on any atom is -0.497 e. The molecule has 0 aliphatic heterocycles. The van der Waals surface area contributed by atoms with Crippen LogP contribution in [0.1, 0.15) is 45.2 Å². The highest BCUT2D eigenvalue weighted by Gasteiger charge is 2.25. The van der Waals surface area contributed by atoms with Crippen molar-refractivity contribution in [1.82, 2.24) is 5.32 Å². The van der Waals surface area contributed by atoms with E-state index in [9.17, 15) is 4.39 Å². The van der Waals surface area contributed by atoms with Gasteiger partial charge in [-0.15, -0.1) is 0 Å². The molecular weight excluding hydrogens is 257 g/mol. The first-order valence-electron chi connectivity index (χ1n) is 7.05. The molecule has 20 heavy (non-hydrogen) atoms. The van der Waals surface area contributed by atoms with Crippen molar-refractivity contribution < 1.29 is 13.9 Å². The lowest BCUT2D eigenvalue weighted by Crippen LogP contribution is -2.33. The first kappa shape index (κ1) is 16.9. The van der Waals surface area contributed by atoms with Gasteiger partial charge in [-0.05, 0) is 39.3 Å². The molecule has 0 saturated carbocycles. The monoisotopic (exact) mass is 283 g/mol. The van der Waals surface area contributed by atoms with Crippen molar-refractivity contribution in [3.63, 3.8) is 0 Å². The van der Waals surface area contributed by atoms with Crippen LogP contribution in [0, 0.1) is 5.82 Å². The van der Waals surface area contributed by atoms with Gasteiger partial charge in [0.2, 0.25) is 0 Å². The molecule has 0 saturated heterocycles. The molecule has 4 heteroatoms. The average Bonchev–Trinajstić information content (AvgIpc) is 2.43. The van der Waals surface area contributed by atoms with E-state index in [4.69, 9.17) is 9.47 Å². The Morgan fingerprint density at radius 2 is 2.00 bits per heavy atom. The third kappa shape index (κ3) is 4.76. The van der Waals surface area contributed by atoms with Gasteiger partial charge >= 0.3 is 0 Å². The Labute approximate surface area is 121 Å². The fourth-order valence-electron chi connectivity index (χ4n) is 2.10. The van der Waals surface area contributed by atoms with Gasteiger partial charge in [-0.2, -0.15) is 0 Å². The SMILES string of the molecule is CCCNC(CC(C)(C)OC)c1ccc(OC)cc1F. The van der Waals surface area contributed by atoms with Crippen LogP contribution in [0.3, 0.4) is 0 Å². The van der Waals surface area contributed by atoms with Gasteiger partial charge in [-0.3, -0.25) is 0 Å². The maximum Gasteiger partial charge on any atom is 0.131 e. The third-order valence-corrected chi connectivity index (χ3v) is 3.47. The number of methoxy groups -OCH3 is 2. The zero-order valence-electron chi connectivity index (χ0n) is 13.1. The number of halogens is 1. The maximum atomic E-state index is 14.2. The molecule has 1 aromatic rings. The molecule has 1 aromatic carbocycles. The number of ether oxygens (including phenoxy) is 2. The predicted octanol–water partition coefficient (Wildman–Crippen LogP) is 3.69. The number of hydrogen-bond donors (Lipinski definition) is 1. The normalized spacial score (nSPS) is 13.3. The molecule has 0 spiro atoms. The van der Waals surface area contributed by atoms with Crippen molar-refractivity contribution in [1.29, 1.82) is 0 Å². The molecule has 3 nitrogen and oxygen atoms in total. The molecule has 0 radical (unpaired) electrons. The van der Waals surface area contributed by atoms with E-state index in [-0.39, 0.29) is 17.5 Å². The Bertz CT molecular complexity index is 421. The van der Waals surface area contributed by atoms with Crippen LogP contribution in [0.2, 0.25) is 0 Å². The largest absolute Gasteiger partial charge is 0.497 e. The summed E-state index contributed by atoms with van der Waals surface area (Å²) in [5.41, 5.74) is 0.349. The summed E-state index contributed by atoms with van der Waals surface area (Å²) in [6, 6.07) is 4.93. The Balaban J connectivity index is 2.97. The van der Waals surface area contributed by atoms with E-state index in [2.05, 4.69) is 12.2 Å². The van der Waals surface area contributed by atoms with Crippen LogP contribution >= 0.6 is 0 Å². The summed E-state index contributed by atoms with van der Waals surface area (Å²) in [5, 5.41) is 3.39. The summed E-state index contributed by atoms with van der Waals surface area (Å²) < 4.78 is 24.7. The molecule has 0 bridgehead atoms. The van der Waals surface area contributed by atoms with Crippen molar-refractivity contribution in [3.8, 4) is 5.75 Å². The minimum absolute atomic E-state index is 0.0733. The second-order valence-electron chi connectivity index (χ2n) is 5.56. The highest BCUT2D eigenvalue weighted by molar-refractivity contribution is 5.31. The molecule has 0 aliphatic carbocycles. The van der Waals surface area contributed by atoms with Crippen LogP contribution in [0.4, 0.5) is 4.39 Å². The second kappa shape index (κ2) is 7.60. The zero-order valence-corrected chi connectivity index (χ0v) is 13.1. The van der Waals surface area contributed by atoms with Gasteiger partial charge in [0.15, 0.2) is 0 Å². The van der Waals surface area contributed by atoms with E-state index in [0.29, 0.717) is 17.7 Å². The number of nitrogens with one attached hydrogen (secondary N) is 1. The van der Waals surface area contributed by atoms with Crippen molar-refractivity contribution in [3.05, 3.63) is 29.6 Å². The van der Waals surface area contributed by atoms with Crippen LogP contribution in [0.5, 0.6) is 5.75 Å². The van der Waals surface area contributed by atoms with Gasteiger partial charge in [0.25, 0.3) is 0 Å². The lowest BCUT2D eigenvalue weighted by atomic mass is 9.93. The Hall–Kier alpha value is -1.13. The first-order valence-corrected chi connectivity index (χ1v) is 7.05. The molecule has 1 rings (SSSR count). The third-order valence-electron chi connectivity index (χ3n) is 3.47. The summed E-state index contributed by atoms with van der Waals surface area (Å²) >= 11 is 0. The molecule has 0 fully saturated rings. The van der Waals surface area contributed by atoms with E-state index >= 15 is 0 Å². The lowest BCUT2D eigenvalue weighted by Gasteiger charge is -2.29. The number of benzene rings is 1. The Morgan fingerprint density at radius 3 is 2.50 bits per heavy atom. The van der Waals surface area contributed by atoms with Crippen molar-refractivity contribution in [2.24, 2.45) is 0 Å².